The Morgan fingerprint density at radius 1 is 1.36 bits per heavy atom. The predicted octanol–water partition coefficient (Wildman–Crippen LogP) is 1.60. The summed E-state index contributed by atoms with van der Waals surface area (Å²) in [5, 5.41) is 14.3. The summed E-state index contributed by atoms with van der Waals surface area (Å²) in [6, 6.07) is 5.45. The zero-order valence-corrected chi connectivity index (χ0v) is 16.3. The van der Waals surface area contributed by atoms with Crippen LogP contribution < -0.4 is 10.3 Å². The van der Waals surface area contributed by atoms with Gasteiger partial charge in [-0.3, -0.25) is 4.90 Å². The molecule has 9 heteroatoms. The Kier molecular flexibility index (Phi) is 6.94. The molecule has 2 aliphatic rings. The van der Waals surface area contributed by atoms with Crippen LogP contribution in [0.3, 0.4) is 0 Å². The second-order valence-corrected chi connectivity index (χ2v) is 6.52. The molecule has 0 bridgehead atoms. The summed E-state index contributed by atoms with van der Waals surface area (Å²) in [7, 11) is 0. The number of benzene rings is 1. The van der Waals surface area contributed by atoms with Crippen molar-refractivity contribution in [3.8, 4) is 5.75 Å². The molecule has 0 radical (unpaired) electrons. The van der Waals surface area contributed by atoms with Gasteiger partial charge >= 0.3 is 0 Å². The van der Waals surface area contributed by atoms with E-state index in [9.17, 15) is 9.50 Å². The van der Waals surface area contributed by atoms with E-state index in [2.05, 4.69) is 39.3 Å². The average molecular weight is 390 g/mol. The lowest BCUT2D eigenvalue weighted by atomic mass is 10.2. The van der Waals surface area contributed by atoms with Crippen LogP contribution in [0.5, 0.6) is 5.75 Å². The van der Waals surface area contributed by atoms with Crippen molar-refractivity contribution < 1.29 is 14.2 Å². The standard InChI is InChI=1S/C19H27FN6O2/c1-3-25(4-2)15-6-5-14(17(27)11-15)12-22-24-19-21-13-16(20)18(23-19)26-7-9-28-10-8-26/h5-6,11-13,16,18,27H,3-4,7-10H2,1-2H3,(H,23,24)/b22-12-. The van der Waals surface area contributed by atoms with Gasteiger partial charge in [-0.15, -0.1) is 0 Å². The molecule has 2 heterocycles. The summed E-state index contributed by atoms with van der Waals surface area (Å²) < 4.78 is 19.5. The topological polar surface area (TPSA) is 85.0 Å². The van der Waals surface area contributed by atoms with E-state index in [1.54, 1.807) is 12.1 Å². The summed E-state index contributed by atoms with van der Waals surface area (Å²) >= 11 is 0. The maximum atomic E-state index is 14.2. The van der Waals surface area contributed by atoms with Gasteiger partial charge in [0, 0.05) is 49.7 Å². The Labute approximate surface area is 164 Å². The molecule has 0 spiro atoms. The van der Waals surface area contributed by atoms with E-state index in [0.29, 0.717) is 31.9 Å². The lowest BCUT2D eigenvalue weighted by Gasteiger charge is -2.33. The number of ether oxygens (including phenoxy) is 1. The van der Waals surface area contributed by atoms with Gasteiger partial charge in [0.25, 0.3) is 0 Å². The molecule has 0 aliphatic carbocycles. The number of guanidine groups is 1. The molecule has 2 unspecified atom stereocenters. The minimum absolute atomic E-state index is 0.138. The number of morpholine rings is 1. The molecule has 1 aromatic carbocycles. The molecule has 152 valence electrons. The van der Waals surface area contributed by atoms with Crippen LogP contribution in [0.2, 0.25) is 0 Å². The van der Waals surface area contributed by atoms with Gasteiger partial charge in [-0.25, -0.2) is 19.8 Å². The van der Waals surface area contributed by atoms with Crippen molar-refractivity contribution in [1.29, 1.82) is 0 Å². The van der Waals surface area contributed by atoms with Crippen LogP contribution in [0, 0.1) is 0 Å². The number of nitrogens with one attached hydrogen (secondary N) is 1. The highest BCUT2D eigenvalue weighted by atomic mass is 19.1. The van der Waals surface area contributed by atoms with Crippen molar-refractivity contribution in [2.75, 3.05) is 44.3 Å². The second-order valence-electron chi connectivity index (χ2n) is 6.52. The van der Waals surface area contributed by atoms with E-state index in [1.807, 2.05) is 11.0 Å². The van der Waals surface area contributed by atoms with Crippen LogP contribution in [0.25, 0.3) is 0 Å². The Bertz CT molecular complexity index is 744. The van der Waals surface area contributed by atoms with Crippen LogP contribution in [-0.2, 0) is 4.74 Å². The Morgan fingerprint density at radius 3 is 2.79 bits per heavy atom. The average Bonchev–Trinajstić information content (AvgIpc) is 2.72. The first-order valence-corrected chi connectivity index (χ1v) is 9.57. The first-order valence-electron chi connectivity index (χ1n) is 9.57. The molecule has 1 aromatic rings. The predicted molar refractivity (Wildman–Crippen MR) is 109 cm³/mol. The van der Waals surface area contributed by atoms with Gasteiger partial charge < -0.3 is 14.7 Å². The number of halogens is 1. The molecule has 2 N–H and O–H groups in total. The fraction of sp³-hybridized carbons (Fsp3) is 0.526. The number of hydrogen-bond donors (Lipinski definition) is 2. The fourth-order valence-electron chi connectivity index (χ4n) is 3.22. The number of anilines is 1. The van der Waals surface area contributed by atoms with Crippen LogP contribution >= 0.6 is 0 Å². The van der Waals surface area contributed by atoms with Crippen molar-refractivity contribution in [1.82, 2.24) is 10.3 Å². The lowest BCUT2D eigenvalue weighted by Crippen LogP contribution is -2.49. The van der Waals surface area contributed by atoms with Crippen LogP contribution in [-0.4, -0.2) is 80.1 Å². The lowest BCUT2D eigenvalue weighted by molar-refractivity contribution is 0.00754. The van der Waals surface area contributed by atoms with Gasteiger partial charge in [0.1, 0.15) is 11.9 Å². The molecule has 0 aromatic heterocycles. The third-order valence-electron chi connectivity index (χ3n) is 4.81. The van der Waals surface area contributed by atoms with Crippen LogP contribution in [0.4, 0.5) is 10.1 Å². The number of phenolic OH excluding ortho intramolecular Hbond substituents is 1. The van der Waals surface area contributed by atoms with Gasteiger partial charge in [-0.1, -0.05) is 0 Å². The van der Waals surface area contributed by atoms with Gasteiger partial charge in [0.05, 0.1) is 19.4 Å². The smallest absolute Gasteiger partial charge is 0.240 e. The maximum absolute atomic E-state index is 14.2. The van der Waals surface area contributed by atoms with Crippen LogP contribution in [0.15, 0.2) is 33.3 Å². The quantitative estimate of drug-likeness (QED) is 0.569. The molecule has 3 rings (SSSR count). The fourth-order valence-corrected chi connectivity index (χ4v) is 3.22. The number of aliphatic imine (C=N–C) groups is 2. The summed E-state index contributed by atoms with van der Waals surface area (Å²) in [6.07, 6.45) is 0.844. The number of alkyl halides is 1. The van der Waals surface area contributed by atoms with Gasteiger partial charge in [0.2, 0.25) is 5.96 Å². The zero-order chi connectivity index (χ0) is 19.9. The van der Waals surface area contributed by atoms with Crippen LogP contribution in [0.1, 0.15) is 19.4 Å². The highest BCUT2D eigenvalue weighted by Crippen LogP contribution is 2.23. The molecule has 2 aliphatic heterocycles. The number of aromatic hydroxyl groups is 1. The van der Waals surface area contributed by atoms with E-state index in [-0.39, 0.29) is 11.7 Å². The first-order chi connectivity index (χ1) is 13.6. The van der Waals surface area contributed by atoms with Crippen molar-refractivity contribution in [3.05, 3.63) is 23.8 Å². The van der Waals surface area contributed by atoms with E-state index < -0.39 is 12.3 Å². The summed E-state index contributed by atoms with van der Waals surface area (Å²) in [5.74, 6) is 0.375. The number of rotatable bonds is 6. The minimum atomic E-state index is -1.26. The molecule has 1 saturated heterocycles. The summed E-state index contributed by atoms with van der Waals surface area (Å²) in [6.45, 7) is 8.26. The summed E-state index contributed by atoms with van der Waals surface area (Å²) in [5.41, 5.74) is 4.24. The number of phenols is 1. The van der Waals surface area contributed by atoms with Gasteiger partial charge in [0.15, 0.2) is 6.17 Å². The van der Waals surface area contributed by atoms with Crippen molar-refractivity contribution >= 4 is 24.1 Å². The maximum Gasteiger partial charge on any atom is 0.240 e. The molecule has 2 atom stereocenters. The summed E-state index contributed by atoms with van der Waals surface area (Å²) in [4.78, 5) is 12.4. The highest BCUT2D eigenvalue weighted by Gasteiger charge is 2.30. The molecule has 0 amide bonds. The van der Waals surface area contributed by atoms with Crippen molar-refractivity contribution in [3.63, 3.8) is 0 Å². The monoisotopic (exact) mass is 390 g/mol. The number of hydrogen-bond acceptors (Lipinski definition) is 8. The molecular weight excluding hydrogens is 363 g/mol. The molecule has 8 nitrogen and oxygen atoms in total. The van der Waals surface area contributed by atoms with E-state index in [0.717, 1.165) is 18.8 Å². The van der Waals surface area contributed by atoms with E-state index in [1.165, 1.54) is 12.4 Å². The van der Waals surface area contributed by atoms with Crippen molar-refractivity contribution in [2.45, 2.75) is 26.2 Å². The Morgan fingerprint density at radius 2 is 2.11 bits per heavy atom. The van der Waals surface area contributed by atoms with Crippen molar-refractivity contribution in [2.24, 2.45) is 15.1 Å². The Hall–Kier alpha value is -2.52. The van der Waals surface area contributed by atoms with E-state index >= 15 is 0 Å². The number of hydrazone groups is 1. The second kappa shape index (κ2) is 9.61. The molecule has 28 heavy (non-hydrogen) atoms. The minimum Gasteiger partial charge on any atom is -0.507 e. The SMILES string of the molecule is CCN(CC)c1ccc(/C=N\NC2=NC(N3CCOCC3)C(F)C=N2)c(O)c1. The van der Waals surface area contributed by atoms with Gasteiger partial charge in [-0.05, 0) is 26.0 Å². The third kappa shape index (κ3) is 4.85. The Balaban J connectivity index is 1.64. The van der Waals surface area contributed by atoms with Gasteiger partial charge in [-0.2, -0.15) is 5.10 Å². The first kappa shape index (κ1) is 20.2. The normalized spacial score (nSPS) is 23.0. The molecular formula is C19H27FN6O2. The highest BCUT2D eigenvalue weighted by molar-refractivity contribution is 5.92. The zero-order valence-electron chi connectivity index (χ0n) is 16.3. The largest absolute Gasteiger partial charge is 0.507 e. The molecule has 1 fully saturated rings. The van der Waals surface area contributed by atoms with E-state index in [4.69, 9.17) is 4.74 Å². The molecule has 0 saturated carbocycles. The third-order valence-corrected chi connectivity index (χ3v) is 4.81. The number of nitrogens with zero attached hydrogens (tertiary/aromatic N) is 5.